The van der Waals surface area contributed by atoms with Gasteiger partial charge < -0.3 is 9.67 Å². The van der Waals surface area contributed by atoms with Crippen molar-refractivity contribution in [1.82, 2.24) is 18.7 Å². The summed E-state index contributed by atoms with van der Waals surface area (Å²) < 4.78 is 4.48. The first-order chi connectivity index (χ1) is 15.5. The summed E-state index contributed by atoms with van der Waals surface area (Å²) in [6.45, 7) is 2.69. The van der Waals surface area contributed by atoms with Crippen molar-refractivity contribution in [3.63, 3.8) is 0 Å². The summed E-state index contributed by atoms with van der Waals surface area (Å²) in [6, 6.07) is 0. The Balaban J connectivity index is 1.55. The number of unbranched alkanes of at least 4 members (excludes halogenated alkanes) is 11. The van der Waals surface area contributed by atoms with Crippen LogP contribution >= 0.6 is 0 Å². The molecule has 7 heteroatoms. The van der Waals surface area contributed by atoms with E-state index in [1.165, 1.54) is 60.5 Å². The summed E-state index contributed by atoms with van der Waals surface area (Å²) in [7, 11) is 3.44. The number of imidazole rings is 1. The van der Waals surface area contributed by atoms with Crippen LogP contribution in [-0.2, 0) is 20.6 Å². The van der Waals surface area contributed by atoms with Gasteiger partial charge in [-0.15, -0.1) is 0 Å². The Bertz CT molecular complexity index is 912. The van der Waals surface area contributed by atoms with Crippen molar-refractivity contribution >= 4 is 11.2 Å². The normalized spacial score (nSPS) is 12.6. The molecule has 0 aliphatic carbocycles. The Labute approximate surface area is 192 Å². The van der Waals surface area contributed by atoms with Crippen LogP contribution in [0, 0.1) is 0 Å². The zero-order chi connectivity index (χ0) is 23.3. The number of aliphatic hydroxyl groups is 1. The molecule has 182 valence electrons. The zero-order valence-corrected chi connectivity index (χ0v) is 20.5. The number of fused-ring (bicyclic) bond motifs is 1. The van der Waals surface area contributed by atoms with Gasteiger partial charge in [-0.3, -0.25) is 13.9 Å². The van der Waals surface area contributed by atoms with E-state index in [-0.39, 0.29) is 17.4 Å². The maximum Gasteiger partial charge on any atom is 0.332 e. The Hall–Kier alpha value is -1.89. The first-order valence-electron chi connectivity index (χ1n) is 12.8. The van der Waals surface area contributed by atoms with E-state index >= 15 is 0 Å². The first-order valence-corrected chi connectivity index (χ1v) is 12.8. The third-order valence-corrected chi connectivity index (χ3v) is 6.51. The van der Waals surface area contributed by atoms with Crippen molar-refractivity contribution in [3.8, 4) is 0 Å². The maximum absolute atomic E-state index is 12.7. The largest absolute Gasteiger partial charge is 0.393 e. The molecule has 1 unspecified atom stereocenters. The summed E-state index contributed by atoms with van der Waals surface area (Å²) >= 11 is 0. The van der Waals surface area contributed by atoms with Crippen LogP contribution in [0.5, 0.6) is 0 Å². The van der Waals surface area contributed by atoms with Crippen molar-refractivity contribution in [2.24, 2.45) is 14.1 Å². The molecule has 1 atom stereocenters. The molecule has 0 aliphatic rings. The summed E-state index contributed by atoms with van der Waals surface area (Å²) in [5.41, 5.74) is 0.380. The average Bonchev–Trinajstić information content (AvgIpc) is 3.17. The Morgan fingerprint density at radius 2 is 1.38 bits per heavy atom. The molecule has 0 saturated heterocycles. The maximum atomic E-state index is 12.7. The molecule has 0 spiro atoms. The van der Waals surface area contributed by atoms with Gasteiger partial charge in [0.25, 0.3) is 5.56 Å². The van der Waals surface area contributed by atoms with Crippen LogP contribution in [0.3, 0.4) is 0 Å². The summed E-state index contributed by atoms with van der Waals surface area (Å²) in [4.78, 5) is 29.3. The fourth-order valence-electron chi connectivity index (χ4n) is 4.43. The first kappa shape index (κ1) is 26.4. The van der Waals surface area contributed by atoms with Crippen molar-refractivity contribution in [1.29, 1.82) is 0 Å². The molecule has 32 heavy (non-hydrogen) atoms. The van der Waals surface area contributed by atoms with Gasteiger partial charge in [-0.1, -0.05) is 84.0 Å². The molecule has 0 aliphatic heterocycles. The number of aryl methyl sites for hydroxylation is 2. The molecule has 0 saturated carbocycles. The van der Waals surface area contributed by atoms with E-state index in [9.17, 15) is 14.7 Å². The molecule has 2 aromatic heterocycles. The number of hydrogen-bond donors (Lipinski definition) is 1. The highest BCUT2D eigenvalue weighted by atomic mass is 16.3. The fourth-order valence-corrected chi connectivity index (χ4v) is 4.43. The Morgan fingerprint density at radius 3 is 1.97 bits per heavy atom. The lowest BCUT2D eigenvalue weighted by molar-refractivity contribution is 0.147. The predicted octanol–water partition coefficient (Wildman–Crippen LogP) is 4.67. The number of nitrogens with zero attached hydrogens (tertiary/aromatic N) is 4. The highest BCUT2D eigenvalue weighted by Gasteiger charge is 2.14. The fraction of sp³-hybridized carbons (Fsp3) is 0.800. The van der Waals surface area contributed by atoms with Crippen LogP contribution in [0.1, 0.15) is 103 Å². The number of aromatic nitrogens is 4. The van der Waals surface area contributed by atoms with E-state index < -0.39 is 0 Å². The summed E-state index contributed by atoms with van der Waals surface area (Å²) in [6.07, 6.45) is 18.6. The Kier molecular flexibility index (Phi) is 11.8. The second kappa shape index (κ2) is 14.3. The molecule has 7 nitrogen and oxygen atoms in total. The van der Waals surface area contributed by atoms with E-state index in [1.807, 2.05) is 0 Å². The van der Waals surface area contributed by atoms with Crippen molar-refractivity contribution in [2.75, 3.05) is 0 Å². The predicted molar refractivity (Wildman–Crippen MR) is 131 cm³/mol. The van der Waals surface area contributed by atoms with Crippen molar-refractivity contribution in [3.05, 3.63) is 27.2 Å². The molecular formula is C25H44N4O3. The van der Waals surface area contributed by atoms with Crippen LogP contribution in [0.2, 0.25) is 0 Å². The van der Waals surface area contributed by atoms with E-state index in [2.05, 4.69) is 11.9 Å². The highest BCUT2D eigenvalue weighted by molar-refractivity contribution is 5.69. The lowest BCUT2D eigenvalue weighted by Gasteiger charge is -2.10. The van der Waals surface area contributed by atoms with Gasteiger partial charge in [0.15, 0.2) is 11.2 Å². The summed E-state index contributed by atoms with van der Waals surface area (Å²) in [5.74, 6) is 0. The summed E-state index contributed by atoms with van der Waals surface area (Å²) in [5, 5.41) is 10.1. The van der Waals surface area contributed by atoms with Crippen molar-refractivity contribution < 1.29 is 5.11 Å². The second-order valence-electron chi connectivity index (χ2n) is 9.30. The van der Waals surface area contributed by atoms with Gasteiger partial charge in [0, 0.05) is 20.6 Å². The van der Waals surface area contributed by atoms with E-state index in [4.69, 9.17) is 0 Å². The van der Waals surface area contributed by atoms with Crippen LogP contribution in [-0.4, -0.2) is 29.9 Å². The van der Waals surface area contributed by atoms with Gasteiger partial charge in [-0.2, -0.15) is 0 Å². The van der Waals surface area contributed by atoms with E-state index in [0.29, 0.717) is 17.7 Å². The second-order valence-corrected chi connectivity index (χ2v) is 9.30. The smallest absolute Gasteiger partial charge is 0.332 e. The quantitative estimate of drug-likeness (QED) is 0.357. The molecule has 0 aromatic carbocycles. The molecule has 0 bridgehead atoms. The van der Waals surface area contributed by atoms with Crippen LogP contribution < -0.4 is 11.2 Å². The third kappa shape index (κ3) is 7.91. The van der Waals surface area contributed by atoms with Gasteiger partial charge in [0.05, 0.1) is 12.4 Å². The van der Waals surface area contributed by atoms with Crippen molar-refractivity contribution in [2.45, 2.75) is 116 Å². The average molecular weight is 449 g/mol. The number of hydrogen-bond acceptors (Lipinski definition) is 4. The van der Waals surface area contributed by atoms with Gasteiger partial charge in [0.1, 0.15) is 0 Å². The third-order valence-electron chi connectivity index (χ3n) is 6.51. The van der Waals surface area contributed by atoms with Crippen LogP contribution in [0.15, 0.2) is 15.9 Å². The minimum absolute atomic E-state index is 0.126. The van der Waals surface area contributed by atoms with E-state index in [1.54, 1.807) is 25.0 Å². The Morgan fingerprint density at radius 1 is 0.844 bits per heavy atom. The number of aliphatic hydroxyl groups excluding tert-OH is 1. The molecule has 2 rings (SSSR count). The van der Waals surface area contributed by atoms with Gasteiger partial charge >= 0.3 is 5.69 Å². The molecular weight excluding hydrogens is 404 g/mol. The molecule has 0 fully saturated rings. The van der Waals surface area contributed by atoms with Gasteiger partial charge in [-0.05, 0) is 19.3 Å². The highest BCUT2D eigenvalue weighted by Crippen LogP contribution is 2.14. The minimum atomic E-state index is -0.291. The van der Waals surface area contributed by atoms with Gasteiger partial charge in [-0.25, -0.2) is 9.78 Å². The number of rotatable bonds is 17. The van der Waals surface area contributed by atoms with Crippen LogP contribution in [0.4, 0.5) is 0 Å². The lowest BCUT2D eigenvalue weighted by Crippen LogP contribution is -2.39. The molecule has 2 heterocycles. The monoisotopic (exact) mass is 448 g/mol. The topological polar surface area (TPSA) is 82.1 Å². The molecule has 2 aromatic rings. The molecule has 0 amide bonds. The van der Waals surface area contributed by atoms with Crippen LogP contribution in [0.25, 0.3) is 11.2 Å². The van der Waals surface area contributed by atoms with E-state index in [0.717, 1.165) is 44.9 Å². The SMILES string of the molecule is CCCCCCCCC(O)CCCCCCCCCn1c(=O)c2c(ncn2C)n(C)c1=O. The molecule has 1 N–H and O–H groups in total. The lowest BCUT2D eigenvalue weighted by atomic mass is 10.0. The van der Waals surface area contributed by atoms with Gasteiger partial charge in [0.2, 0.25) is 0 Å². The standard InChI is InChI=1S/C25H44N4O3/c1-4-5-6-7-11-14-17-21(30)18-15-12-9-8-10-13-16-19-29-24(31)22-23(26-20-27(22)2)28(3)25(29)32/h20-21,30H,4-19H2,1-3H3. The zero-order valence-electron chi connectivity index (χ0n) is 20.5. The molecule has 0 radical (unpaired) electrons. The minimum Gasteiger partial charge on any atom is -0.393 e.